The van der Waals surface area contributed by atoms with E-state index in [1.165, 1.54) is 69.8 Å². The molecule has 230 valence electrons. The zero-order valence-corrected chi connectivity index (χ0v) is 25.1. The fraction of sp³-hybridized carbons (Fsp3) is 0.529. The molecule has 1 amide bonds. The zero-order valence-electron chi connectivity index (χ0n) is 25.1. The van der Waals surface area contributed by atoms with Crippen molar-refractivity contribution in [3.8, 4) is 0 Å². The Hall–Kier alpha value is -3.68. The van der Waals surface area contributed by atoms with Gasteiger partial charge in [0.05, 0.1) is 0 Å². The van der Waals surface area contributed by atoms with Gasteiger partial charge in [-0.2, -0.15) is 0 Å². The van der Waals surface area contributed by atoms with Gasteiger partial charge in [0, 0.05) is 6.42 Å². The van der Waals surface area contributed by atoms with Crippen molar-refractivity contribution in [1.29, 1.82) is 0 Å². The van der Waals surface area contributed by atoms with Crippen LogP contribution in [0, 0.1) is 16.0 Å². The number of amides is 1. The van der Waals surface area contributed by atoms with Gasteiger partial charge in [-0.1, -0.05) is 118 Å². The molecule has 8 heteroatoms. The van der Waals surface area contributed by atoms with Gasteiger partial charge in [0.2, 0.25) is 5.91 Å². The van der Waals surface area contributed by atoms with Crippen LogP contribution in [-0.2, 0) is 38.8 Å². The molecule has 1 fully saturated rings. The fourth-order valence-electron chi connectivity index (χ4n) is 5.02. The van der Waals surface area contributed by atoms with Crippen LogP contribution in [0.1, 0.15) is 101 Å². The molecule has 0 saturated heterocycles. The molecule has 2 aromatic carbocycles. The van der Waals surface area contributed by atoms with Crippen LogP contribution in [0.4, 0.5) is 0 Å². The van der Waals surface area contributed by atoms with E-state index in [0.717, 1.165) is 18.8 Å². The highest BCUT2D eigenvalue weighted by Crippen LogP contribution is 2.28. The summed E-state index contributed by atoms with van der Waals surface area (Å²) in [5.41, 5.74) is 2.78. The molecular formula is C34H48N2O6. The number of ether oxygens (including phenoxy) is 1. The van der Waals surface area contributed by atoms with Crippen molar-refractivity contribution in [3.63, 3.8) is 0 Å². The largest absolute Gasteiger partial charge is 0.460 e. The van der Waals surface area contributed by atoms with Crippen molar-refractivity contribution in [1.82, 2.24) is 5.32 Å². The second-order valence-corrected chi connectivity index (χ2v) is 10.8. The van der Waals surface area contributed by atoms with Crippen LogP contribution in [0.5, 0.6) is 0 Å². The summed E-state index contributed by atoms with van der Waals surface area (Å²) >= 11 is 0. The van der Waals surface area contributed by atoms with Gasteiger partial charge in [-0.05, 0) is 55.2 Å². The number of rotatable bonds is 17. The van der Waals surface area contributed by atoms with Crippen molar-refractivity contribution in [2.24, 2.45) is 5.92 Å². The van der Waals surface area contributed by atoms with Crippen molar-refractivity contribution >= 4 is 11.9 Å². The summed E-state index contributed by atoms with van der Waals surface area (Å²) in [5.74, 6) is 0.328. The third-order valence-corrected chi connectivity index (χ3v) is 7.31. The van der Waals surface area contributed by atoms with E-state index >= 15 is 0 Å². The Kier molecular flexibility index (Phi) is 18.1. The van der Waals surface area contributed by atoms with E-state index in [0.29, 0.717) is 17.5 Å². The highest BCUT2D eigenvalue weighted by Gasteiger charge is 2.12. The lowest BCUT2D eigenvalue weighted by Gasteiger charge is -2.21. The lowest BCUT2D eigenvalue weighted by Crippen LogP contribution is -2.30. The number of aryl methyl sites for hydroxylation is 1. The number of nitrogens with zero attached hydrogens (tertiary/aromatic N) is 1. The van der Waals surface area contributed by atoms with Gasteiger partial charge in [-0.25, -0.2) is 0 Å². The molecule has 3 rings (SSSR count). The average Bonchev–Trinajstić information content (AvgIpc) is 3.01. The van der Waals surface area contributed by atoms with Gasteiger partial charge in [0.25, 0.3) is 5.09 Å². The maximum absolute atomic E-state index is 11.6. The lowest BCUT2D eigenvalue weighted by atomic mass is 9.85. The molecule has 2 aromatic rings. The molecule has 0 atom stereocenters. The van der Waals surface area contributed by atoms with E-state index in [9.17, 15) is 19.7 Å². The standard InChI is InChI=1S/C17H22N2O6.C17H26/c1-2-3-4-5-9-16(20)18-11-17(21)24-12-14-7-6-8-15(10-14)13-25-19(22)23;1-4-10-16(11-5-1)14-8-3-9-15-17-12-6-2-7-13-17/h2-3,6-8,10H,4-5,9,11-13H2,1H3,(H,18,20);1,4-5,10-11,17H,2-3,6-9,12-15H2/b3-2-;. The summed E-state index contributed by atoms with van der Waals surface area (Å²) in [5, 5.41) is 11.8. The second-order valence-electron chi connectivity index (χ2n) is 10.8. The molecule has 1 aliphatic carbocycles. The Morgan fingerprint density at radius 1 is 0.929 bits per heavy atom. The van der Waals surface area contributed by atoms with Gasteiger partial charge in [0.1, 0.15) is 19.8 Å². The minimum Gasteiger partial charge on any atom is -0.460 e. The first-order valence-electron chi connectivity index (χ1n) is 15.4. The van der Waals surface area contributed by atoms with Crippen LogP contribution in [0.3, 0.4) is 0 Å². The number of carbonyl (C=O) groups excluding carboxylic acids is 2. The van der Waals surface area contributed by atoms with Crippen LogP contribution in [-0.4, -0.2) is 23.5 Å². The molecule has 42 heavy (non-hydrogen) atoms. The van der Waals surface area contributed by atoms with Gasteiger partial charge in [-0.15, -0.1) is 10.1 Å². The zero-order chi connectivity index (χ0) is 30.3. The molecule has 0 heterocycles. The first-order valence-corrected chi connectivity index (χ1v) is 15.4. The van der Waals surface area contributed by atoms with Gasteiger partial charge < -0.3 is 14.9 Å². The molecule has 0 aliphatic heterocycles. The van der Waals surface area contributed by atoms with Crippen LogP contribution in [0.25, 0.3) is 0 Å². The van der Waals surface area contributed by atoms with E-state index in [1.54, 1.807) is 24.3 Å². The third kappa shape index (κ3) is 17.2. The Morgan fingerprint density at radius 2 is 1.64 bits per heavy atom. The summed E-state index contributed by atoms with van der Waals surface area (Å²) in [6.07, 6.45) is 20.3. The summed E-state index contributed by atoms with van der Waals surface area (Å²) in [4.78, 5) is 37.6. The smallest absolute Gasteiger partial charge is 0.325 e. The van der Waals surface area contributed by atoms with Crippen LogP contribution in [0.15, 0.2) is 66.7 Å². The maximum atomic E-state index is 11.6. The lowest BCUT2D eigenvalue weighted by molar-refractivity contribution is -0.763. The summed E-state index contributed by atoms with van der Waals surface area (Å²) in [6, 6.07) is 17.6. The van der Waals surface area contributed by atoms with Crippen molar-refractivity contribution in [3.05, 3.63) is 93.6 Å². The highest BCUT2D eigenvalue weighted by atomic mass is 16.9. The molecule has 1 saturated carbocycles. The van der Waals surface area contributed by atoms with E-state index < -0.39 is 11.1 Å². The van der Waals surface area contributed by atoms with Crippen LogP contribution < -0.4 is 5.32 Å². The summed E-state index contributed by atoms with van der Waals surface area (Å²) in [6.45, 7) is 1.58. The number of benzene rings is 2. The minimum atomic E-state index is -0.867. The highest BCUT2D eigenvalue weighted by molar-refractivity contribution is 5.81. The second kappa shape index (κ2) is 22.0. The van der Waals surface area contributed by atoms with Crippen molar-refractivity contribution < 1.29 is 24.3 Å². The molecule has 8 nitrogen and oxygen atoms in total. The maximum Gasteiger partial charge on any atom is 0.325 e. The fourth-order valence-corrected chi connectivity index (χ4v) is 5.02. The molecule has 0 unspecified atom stereocenters. The Bertz CT molecular complexity index is 1070. The predicted molar refractivity (Wildman–Crippen MR) is 165 cm³/mol. The quantitative estimate of drug-likeness (QED) is 0.0676. The first kappa shape index (κ1) is 34.5. The molecule has 0 bridgehead atoms. The summed E-state index contributed by atoms with van der Waals surface area (Å²) in [7, 11) is 0. The Balaban J connectivity index is 0.000000314. The number of nitrogens with one attached hydrogen (secondary N) is 1. The van der Waals surface area contributed by atoms with Crippen molar-refractivity contribution in [2.45, 2.75) is 104 Å². The third-order valence-electron chi connectivity index (χ3n) is 7.31. The number of carbonyl (C=O) groups is 2. The van der Waals surface area contributed by atoms with E-state index in [-0.39, 0.29) is 25.7 Å². The number of allylic oxidation sites excluding steroid dienone is 2. The van der Waals surface area contributed by atoms with Gasteiger partial charge in [0.15, 0.2) is 0 Å². The number of hydrogen-bond donors (Lipinski definition) is 1. The van der Waals surface area contributed by atoms with E-state index in [4.69, 9.17) is 4.74 Å². The molecule has 0 radical (unpaired) electrons. The topological polar surface area (TPSA) is 108 Å². The Morgan fingerprint density at radius 3 is 2.36 bits per heavy atom. The first-order chi connectivity index (χ1) is 20.5. The molecular weight excluding hydrogens is 532 g/mol. The summed E-state index contributed by atoms with van der Waals surface area (Å²) < 4.78 is 5.06. The number of hydrogen-bond acceptors (Lipinski definition) is 6. The molecule has 0 aromatic heterocycles. The minimum absolute atomic E-state index is 0.0162. The van der Waals surface area contributed by atoms with E-state index in [2.05, 4.69) is 40.5 Å². The predicted octanol–water partition coefficient (Wildman–Crippen LogP) is 7.67. The molecule has 1 aliphatic rings. The molecule has 1 N–H and O–H groups in total. The van der Waals surface area contributed by atoms with E-state index in [1.807, 2.05) is 19.1 Å². The Labute approximate surface area is 251 Å². The van der Waals surface area contributed by atoms with Crippen LogP contribution in [0.2, 0.25) is 0 Å². The van der Waals surface area contributed by atoms with Crippen molar-refractivity contribution in [2.75, 3.05) is 6.54 Å². The van der Waals surface area contributed by atoms with Crippen LogP contribution >= 0.6 is 0 Å². The normalized spacial score (nSPS) is 13.2. The van der Waals surface area contributed by atoms with Gasteiger partial charge >= 0.3 is 5.97 Å². The SMILES string of the molecule is C/C=C\CCCC(=O)NCC(=O)OCc1cccc(CO[N+](=O)[O-])c1.c1ccc(CCCCCC2CCCCC2)cc1. The monoisotopic (exact) mass is 580 g/mol. The molecule has 0 spiro atoms. The van der Waals surface area contributed by atoms with Gasteiger partial charge in [-0.3, -0.25) is 9.59 Å². The average molecular weight is 581 g/mol. The number of unbranched alkanes of at least 4 members (excludes halogenated alkanes) is 3. The number of esters is 1.